The molecule has 2 bridgehead atoms. The van der Waals surface area contributed by atoms with E-state index in [0.29, 0.717) is 0 Å². The third-order valence-electron chi connectivity index (χ3n) is 5.29. The first kappa shape index (κ1) is 14.0. The lowest BCUT2D eigenvalue weighted by Gasteiger charge is -2.57. The minimum Gasteiger partial charge on any atom is -0.329 e. The number of nitrogens with zero attached hydrogens (tertiary/aromatic N) is 3. The average molecular weight is 274 g/mol. The van der Waals surface area contributed by atoms with Crippen LogP contribution in [0.3, 0.4) is 0 Å². The lowest BCUT2D eigenvalue weighted by atomic mass is 9.71. The zero-order valence-electron chi connectivity index (χ0n) is 12.5. The van der Waals surface area contributed by atoms with Gasteiger partial charge in [0.05, 0.1) is 5.69 Å². The van der Waals surface area contributed by atoms with Crippen molar-refractivity contribution in [2.24, 2.45) is 11.7 Å². The standard InChI is InChI=1S/C16H26N4/c1-2-20(11-15-5-3-4-8-18-15)16(12-17)13-19-9-6-14(16)7-10-19/h3-5,8,14H,2,6-7,9-13,17H2,1H3. The molecule has 4 heterocycles. The molecule has 0 saturated carbocycles. The van der Waals surface area contributed by atoms with Gasteiger partial charge in [-0.1, -0.05) is 13.0 Å². The molecule has 1 aromatic heterocycles. The van der Waals surface area contributed by atoms with Crippen molar-refractivity contribution in [2.75, 3.05) is 32.7 Å². The van der Waals surface area contributed by atoms with Crippen molar-refractivity contribution in [3.63, 3.8) is 0 Å². The Kier molecular flexibility index (Phi) is 4.06. The largest absolute Gasteiger partial charge is 0.329 e. The highest BCUT2D eigenvalue weighted by Crippen LogP contribution is 2.39. The van der Waals surface area contributed by atoms with Gasteiger partial charge in [0.25, 0.3) is 0 Å². The maximum atomic E-state index is 6.27. The van der Waals surface area contributed by atoms with Crippen LogP contribution in [0.25, 0.3) is 0 Å². The number of aromatic nitrogens is 1. The Morgan fingerprint density at radius 3 is 2.70 bits per heavy atom. The molecule has 0 aromatic carbocycles. The van der Waals surface area contributed by atoms with E-state index in [1.165, 1.54) is 25.9 Å². The summed E-state index contributed by atoms with van der Waals surface area (Å²) in [5, 5.41) is 0. The van der Waals surface area contributed by atoms with E-state index >= 15 is 0 Å². The molecule has 0 aliphatic carbocycles. The Balaban J connectivity index is 1.83. The molecule has 2 N–H and O–H groups in total. The highest BCUT2D eigenvalue weighted by atomic mass is 15.3. The lowest BCUT2D eigenvalue weighted by Crippen LogP contribution is -2.69. The first-order valence-corrected chi connectivity index (χ1v) is 7.86. The highest BCUT2D eigenvalue weighted by molar-refractivity contribution is 5.09. The molecule has 1 atom stereocenters. The molecule has 0 spiro atoms. The molecule has 1 unspecified atom stereocenters. The van der Waals surface area contributed by atoms with Crippen LogP contribution in [0.1, 0.15) is 25.5 Å². The fourth-order valence-electron chi connectivity index (χ4n) is 4.13. The van der Waals surface area contributed by atoms with E-state index in [4.69, 9.17) is 5.73 Å². The molecule has 110 valence electrons. The Bertz CT molecular complexity index is 427. The average Bonchev–Trinajstić information content (AvgIpc) is 2.54. The van der Waals surface area contributed by atoms with E-state index in [1.54, 1.807) is 0 Å². The molecule has 4 rings (SSSR count). The minimum atomic E-state index is 0.156. The molecule has 3 aliphatic rings. The summed E-state index contributed by atoms with van der Waals surface area (Å²) in [7, 11) is 0. The van der Waals surface area contributed by atoms with Crippen molar-refractivity contribution < 1.29 is 0 Å². The number of likely N-dealkylation sites (N-methyl/N-ethyl adjacent to an activating group) is 1. The first-order valence-electron chi connectivity index (χ1n) is 7.86. The molecule has 4 heteroatoms. The molecule has 3 aliphatic heterocycles. The maximum absolute atomic E-state index is 6.27. The van der Waals surface area contributed by atoms with Crippen molar-refractivity contribution in [3.8, 4) is 0 Å². The summed E-state index contributed by atoms with van der Waals surface area (Å²) >= 11 is 0. The number of fused-ring (bicyclic) bond motifs is 3. The third-order valence-corrected chi connectivity index (χ3v) is 5.29. The van der Waals surface area contributed by atoms with Crippen molar-refractivity contribution in [1.29, 1.82) is 0 Å². The summed E-state index contributed by atoms with van der Waals surface area (Å²) < 4.78 is 0. The molecule has 1 aromatic rings. The first-order chi connectivity index (χ1) is 9.78. The number of hydrogen-bond donors (Lipinski definition) is 1. The molecule has 20 heavy (non-hydrogen) atoms. The Labute approximate surface area is 122 Å². The molecular weight excluding hydrogens is 248 g/mol. The van der Waals surface area contributed by atoms with Gasteiger partial charge in [0.1, 0.15) is 0 Å². The van der Waals surface area contributed by atoms with Crippen LogP contribution in [-0.2, 0) is 6.54 Å². The number of rotatable bonds is 5. The van der Waals surface area contributed by atoms with Gasteiger partial charge in [0.2, 0.25) is 0 Å². The van der Waals surface area contributed by atoms with E-state index in [9.17, 15) is 0 Å². The second kappa shape index (κ2) is 5.80. The van der Waals surface area contributed by atoms with E-state index in [1.807, 2.05) is 12.3 Å². The molecule has 3 saturated heterocycles. The number of hydrogen-bond acceptors (Lipinski definition) is 4. The van der Waals surface area contributed by atoms with Crippen molar-refractivity contribution >= 4 is 0 Å². The highest BCUT2D eigenvalue weighted by Gasteiger charge is 2.48. The molecule has 0 amide bonds. The van der Waals surface area contributed by atoms with Crippen LogP contribution in [-0.4, -0.2) is 53.0 Å². The summed E-state index contributed by atoms with van der Waals surface area (Å²) in [6, 6.07) is 6.17. The number of nitrogens with two attached hydrogens (primary N) is 1. The zero-order valence-corrected chi connectivity index (χ0v) is 12.5. The van der Waals surface area contributed by atoms with E-state index in [-0.39, 0.29) is 5.54 Å². The molecule has 4 nitrogen and oxygen atoms in total. The fourth-order valence-corrected chi connectivity index (χ4v) is 4.13. The van der Waals surface area contributed by atoms with Gasteiger partial charge in [-0.25, -0.2) is 0 Å². The van der Waals surface area contributed by atoms with Gasteiger partial charge in [-0.2, -0.15) is 0 Å². The predicted octanol–water partition coefficient (Wildman–Crippen LogP) is 1.33. The fraction of sp³-hybridized carbons (Fsp3) is 0.688. The topological polar surface area (TPSA) is 45.4 Å². The maximum Gasteiger partial charge on any atom is 0.0544 e. The summed E-state index contributed by atoms with van der Waals surface area (Å²) in [6.45, 7) is 8.61. The lowest BCUT2D eigenvalue weighted by molar-refractivity contribution is -0.0696. The van der Waals surface area contributed by atoms with E-state index in [2.05, 4.69) is 33.8 Å². The van der Waals surface area contributed by atoms with Crippen molar-refractivity contribution in [1.82, 2.24) is 14.8 Å². The van der Waals surface area contributed by atoms with Gasteiger partial charge >= 0.3 is 0 Å². The summed E-state index contributed by atoms with van der Waals surface area (Å²) in [5.41, 5.74) is 7.57. The summed E-state index contributed by atoms with van der Waals surface area (Å²) in [5.74, 6) is 0.751. The van der Waals surface area contributed by atoms with Gasteiger partial charge in [-0.3, -0.25) is 9.88 Å². The van der Waals surface area contributed by atoms with E-state index < -0.39 is 0 Å². The van der Waals surface area contributed by atoms with Crippen molar-refractivity contribution in [2.45, 2.75) is 31.8 Å². The third kappa shape index (κ3) is 2.36. The quantitative estimate of drug-likeness (QED) is 0.880. The molecule has 3 fully saturated rings. The number of piperidine rings is 3. The van der Waals surface area contributed by atoms with Gasteiger partial charge in [-0.05, 0) is 50.5 Å². The second-order valence-corrected chi connectivity index (χ2v) is 6.19. The van der Waals surface area contributed by atoms with Gasteiger partial charge in [0, 0.05) is 31.4 Å². The molecular formula is C16H26N4. The minimum absolute atomic E-state index is 0.156. The Morgan fingerprint density at radius 1 is 1.40 bits per heavy atom. The van der Waals surface area contributed by atoms with E-state index in [0.717, 1.165) is 37.8 Å². The van der Waals surface area contributed by atoms with Crippen LogP contribution in [0.15, 0.2) is 24.4 Å². The van der Waals surface area contributed by atoms with Gasteiger partial charge < -0.3 is 10.6 Å². The van der Waals surface area contributed by atoms with Crippen LogP contribution in [0, 0.1) is 5.92 Å². The van der Waals surface area contributed by atoms with Crippen LogP contribution in [0.2, 0.25) is 0 Å². The monoisotopic (exact) mass is 274 g/mol. The summed E-state index contributed by atoms with van der Waals surface area (Å²) in [6.07, 6.45) is 4.49. The van der Waals surface area contributed by atoms with Crippen LogP contribution in [0.4, 0.5) is 0 Å². The zero-order chi connectivity index (χ0) is 14.0. The van der Waals surface area contributed by atoms with Crippen molar-refractivity contribution in [3.05, 3.63) is 30.1 Å². The smallest absolute Gasteiger partial charge is 0.0544 e. The Morgan fingerprint density at radius 2 is 2.20 bits per heavy atom. The normalized spacial score (nSPS) is 32.8. The van der Waals surface area contributed by atoms with Gasteiger partial charge in [0.15, 0.2) is 0 Å². The van der Waals surface area contributed by atoms with Crippen LogP contribution < -0.4 is 5.73 Å². The van der Waals surface area contributed by atoms with Gasteiger partial charge in [-0.15, -0.1) is 0 Å². The molecule has 0 radical (unpaired) electrons. The predicted molar refractivity (Wildman–Crippen MR) is 81.3 cm³/mol. The summed E-state index contributed by atoms with van der Waals surface area (Å²) in [4.78, 5) is 9.66. The number of pyridine rings is 1. The van der Waals surface area contributed by atoms with Crippen LogP contribution in [0.5, 0.6) is 0 Å². The second-order valence-electron chi connectivity index (χ2n) is 6.19. The Hall–Kier alpha value is -0.970. The SMILES string of the molecule is CCN(Cc1ccccn1)C1(CN)CN2CCC1CC2. The van der Waals surface area contributed by atoms with Crippen LogP contribution >= 0.6 is 0 Å².